The summed E-state index contributed by atoms with van der Waals surface area (Å²) < 4.78 is 59.9. The van der Waals surface area contributed by atoms with Gasteiger partial charge >= 0.3 is 0 Å². The molecular formula is C21H24F2N2O5S. The van der Waals surface area contributed by atoms with E-state index in [1.165, 1.54) is 6.07 Å². The summed E-state index contributed by atoms with van der Waals surface area (Å²) in [5, 5.41) is 12.3. The van der Waals surface area contributed by atoms with Crippen molar-refractivity contribution < 1.29 is 31.8 Å². The van der Waals surface area contributed by atoms with Crippen molar-refractivity contribution in [3.63, 3.8) is 0 Å². The van der Waals surface area contributed by atoms with Crippen molar-refractivity contribution in [2.45, 2.75) is 49.0 Å². The van der Waals surface area contributed by atoms with Crippen LogP contribution in [0.5, 0.6) is 0 Å². The van der Waals surface area contributed by atoms with Crippen LogP contribution >= 0.6 is 0 Å². The number of halogens is 2. The van der Waals surface area contributed by atoms with Gasteiger partial charge in [-0.25, -0.2) is 21.9 Å². The topological polar surface area (TPSA) is 105 Å². The first kappa shape index (κ1) is 23.3. The Hall–Kier alpha value is -2.40. The molecule has 3 N–H and O–H groups in total. The van der Waals surface area contributed by atoms with E-state index in [1.807, 2.05) is 0 Å². The zero-order valence-corrected chi connectivity index (χ0v) is 17.4. The fraction of sp³-hybridized carbons (Fsp3) is 0.381. The summed E-state index contributed by atoms with van der Waals surface area (Å²) in [6.07, 6.45) is -0.614. The molecule has 7 nitrogen and oxygen atoms in total. The van der Waals surface area contributed by atoms with Gasteiger partial charge in [-0.05, 0) is 43.2 Å². The summed E-state index contributed by atoms with van der Waals surface area (Å²) in [6.45, 7) is -0.397. The first-order valence-electron chi connectivity index (χ1n) is 9.83. The Balaban J connectivity index is 1.53. The van der Waals surface area contributed by atoms with Gasteiger partial charge in [0.25, 0.3) is 0 Å². The molecule has 168 valence electrons. The maximum absolute atomic E-state index is 13.6. The standard InChI is InChI=1S/C21H24F2N2O5S/c22-15-5-8-17(9-6-15)31(28,29)25-19-10-7-16(30-20(19)13-26)11-21(27)24-12-14-3-1-2-4-18(14)23/h1-6,8-9,16,19-20,25-26H,7,10-13H2,(H,24,27)/t16-,19-,20+/m0/s1. The van der Waals surface area contributed by atoms with Crippen LogP contribution in [0.2, 0.25) is 0 Å². The quantitative estimate of drug-likeness (QED) is 0.565. The molecule has 1 fully saturated rings. The highest BCUT2D eigenvalue weighted by molar-refractivity contribution is 7.89. The van der Waals surface area contributed by atoms with E-state index in [-0.39, 0.29) is 23.8 Å². The predicted molar refractivity (Wildman–Crippen MR) is 108 cm³/mol. The van der Waals surface area contributed by atoms with E-state index in [0.29, 0.717) is 18.4 Å². The lowest BCUT2D eigenvalue weighted by Gasteiger charge is -2.35. The minimum absolute atomic E-state index is 0.00237. The fourth-order valence-corrected chi connectivity index (χ4v) is 4.71. The Kier molecular flexibility index (Phi) is 7.71. The lowest BCUT2D eigenvalue weighted by atomic mass is 9.98. The van der Waals surface area contributed by atoms with Crippen LogP contribution in [0.4, 0.5) is 8.78 Å². The molecular weight excluding hydrogens is 430 g/mol. The Morgan fingerprint density at radius 1 is 1.10 bits per heavy atom. The summed E-state index contributed by atoms with van der Waals surface area (Å²) in [5.74, 6) is -1.30. The van der Waals surface area contributed by atoms with Crippen LogP contribution in [0, 0.1) is 11.6 Å². The van der Waals surface area contributed by atoms with Gasteiger partial charge in [0.1, 0.15) is 11.6 Å². The van der Waals surface area contributed by atoms with Gasteiger partial charge in [0.2, 0.25) is 15.9 Å². The van der Waals surface area contributed by atoms with E-state index in [0.717, 1.165) is 24.3 Å². The zero-order valence-electron chi connectivity index (χ0n) is 16.6. The molecule has 1 amide bonds. The molecule has 0 unspecified atom stereocenters. The molecule has 0 spiro atoms. The zero-order chi connectivity index (χ0) is 22.4. The van der Waals surface area contributed by atoms with Crippen molar-refractivity contribution in [2.24, 2.45) is 0 Å². The maximum Gasteiger partial charge on any atom is 0.240 e. The number of aliphatic hydroxyl groups is 1. The third-order valence-corrected chi connectivity index (χ3v) is 6.58. The van der Waals surface area contributed by atoms with E-state index in [9.17, 15) is 27.1 Å². The summed E-state index contributed by atoms with van der Waals surface area (Å²) in [7, 11) is -3.93. The molecule has 2 aromatic carbocycles. The van der Waals surface area contributed by atoms with Gasteiger partial charge in [-0.1, -0.05) is 18.2 Å². The molecule has 3 rings (SSSR count). The Bertz CT molecular complexity index is 1000. The van der Waals surface area contributed by atoms with Crippen molar-refractivity contribution in [2.75, 3.05) is 6.61 Å². The highest BCUT2D eigenvalue weighted by Gasteiger charge is 2.34. The van der Waals surface area contributed by atoms with Crippen molar-refractivity contribution >= 4 is 15.9 Å². The average molecular weight is 454 g/mol. The molecule has 1 aliphatic rings. The van der Waals surface area contributed by atoms with Crippen LogP contribution < -0.4 is 10.0 Å². The Labute approximate surface area is 179 Å². The number of aliphatic hydroxyl groups excluding tert-OH is 1. The third kappa shape index (κ3) is 6.30. The summed E-state index contributed by atoms with van der Waals surface area (Å²) in [6, 6.07) is 9.82. The first-order chi connectivity index (χ1) is 14.8. The van der Waals surface area contributed by atoms with Crippen molar-refractivity contribution in [1.29, 1.82) is 0 Å². The monoisotopic (exact) mass is 454 g/mol. The van der Waals surface area contributed by atoms with Gasteiger partial charge in [0, 0.05) is 12.1 Å². The molecule has 10 heteroatoms. The molecule has 0 saturated carbocycles. The highest BCUT2D eigenvalue weighted by atomic mass is 32.2. The van der Waals surface area contributed by atoms with Crippen molar-refractivity contribution in [1.82, 2.24) is 10.0 Å². The minimum Gasteiger partial charge on any atom is -0.394 e. The van der Waals surface area contributed by atoms with Crippen LogP contribution in [0.25, 0.3) is 0 Å². The van der Waals surface area contributed by atoms with Crippen molar-refractivity contribution in [3.05, 3.63) is 65.7 Å². The van der Waals surface area contributed by atoms with E-state index in [1.54, 1.807) is 18.2 Å². The largest absolute Gasteiger partial charge is 0.394 e. The number of sulfonamides is 1. The predicted octanol–water partition coefficient (Wildman–Crippen LogP) is 1.86. The van der Waals surface area contributed by atoms with E-state index >= 15 is 0 Å². The number of rotatable bonds is 8. The SMILES string of the molecule is O=C(C[C@@H]1CC[C@H](NS(=O)(=O)c2ccc(F)cc2)[C@@H](CO)O1)NCc1ccccc1F. The van der Waals surface area contributed by atoms with E-state index < -0.39 is 46.5 Å². The number of hydrogen-bond donors (Lipinski definition) is 3. The smallest absolute Gasteiger partial charge is 0.240 e. The van der Waals surface area contributed by atoms with Gasteiger partial charge < -0.3 is 15.2 Å². The molecule has 0 aliphatic carbocycles. The fourth-order valence-electron chi connectivity index (χ4n) is 3.41. The lowest BCUT2D eigenvalue weighted by molar-refractivity contribution is -0.130. The molecule has 1 aliphatic heterocycles. The number of amides is 1. The molecule has 0 bridgehead atoms. The maximum atomic E-state index is 13.6. The van der Waals surface area contributed by atoms with E-state index in [2.05, 4.69) is 10.0 Å². The molecule has 1 saturated heterocycles. The molecule has 1 heterocycles. The first-order valence-corrected chi connectivity index (χ1v) is 11.3. The summed E-state index contributed by atoms with van der Waals surface area (Å²) >= 11 is 0. The van der Waals surface area contributed by atoms with Crippen LogP contribution in [-0.2, 0) is 26.1 Å². The van der Waals surface area contributed by atoms with Gasteiger partial charge in [0.05, 0.1) is 36.2 Å². The third-order valence-electron chi connectivity index (χ3n) is 5.07. The second-order valence-electron chi connectivity index (χ2n) is 7.31. The number of nitrogens with one attached hydrogen (secondary N) is 2. The van der Waals surface area contributed by atoms with Crippen molar-refractivity contribution in [3.8, 4) is 0 Å². The van der Waals surface area contributed by atoms with Gasteiger partial charge in [-0.15, -0.1) is 0 Å². The summed E-state index contributed by atoms with van der Waals surface area (Å²) in [4.78, 5) is 12.1. The van der Waals surface area contributed by atoms with Gasteiger partial charge in [0.15, 0.2) is 0 Å². The number of ether oxygens (including phenoxy) is 1. The average Bonchev–Trinajstić information content (AvgIpc) is 2.74. The van der Waals surface area contributed by atoms with E-state index in [4.69, 9.17) is 4.74 Å². The van der Waals surface area contributed by atoms with Crippen LogP contribution in [0.1, 0.15) is 24.8 Å². The number of benzene rings is 2. The second-order valence-corrected chi connectivity index (χ2v) is 9.02. The van der Waals surface area contributed by atoms with Gasteiger partial charge in [-0.3, -0.25) is 4.79 Å². The number of carbonyl (C=O) groups excluding carboxylic acids is 1. The molecule has 2 aromatic rings. The van der Waals surface area contributed by atoms with Crippen LogP contribution in [-0.4, -0.2) is 44.3 Å². The second kappa shape index (κ2) is 10.3. The number of hydrogen-bond acceptors (Lipinski definition) is 5. The molecule has 0 radical (unpaired) electrons. The molecule has 0 aromatic heterocycles. The van der Waals surface area contributed by atoms with Gasteiger partial charge in [-0.2, -0.15) is 0 Å². The van der Waals surface area contributed by atoms with Crippen LogP contribution in [0.15, 0.2) is 53.4 Å². The Morgan fingerprint density at radius 3 is 2.48 bits per heavy atom. The lowest BCUT2D eigenvalue weighted by Crippen LogP contribution is -2.51. The summed E-state index contributed by atoms with van der Waals surface area (Å²) in [5.41, 5.74) is 0.365. The minimum atomic E-state index is -3.93. The normalized spacial score (nSPS) is 21.6. The number of carbonyl (C=O) groups is 1. The molecule has 31 heavy (non-hydrogen) atoms. The Morgan fingerprint density at radius 2 is 1.81 bits per heavy atom. The highest BCUT2D eigenvalue weighted by Crippen LogP contribution is 2.24. The van der Waals surface area contributed by atoms with Crippen LogP contribution in [0.3, 0.4) is 0 Å². The molecule has 3 atom stereocenters.